The number of rotatable bonds is 7. The highest BCUT2D eigenvalue weighted by molar-refractivity contribution is 7.91. The van der Waals surface area contributed by atoms with Gasteiger partial charge in [-0.15, -0.1) is 22.7 Å². The number of aliphatic hydroxyl groups is 1. The first-order valence-corrected chi connectivity index (χ1v) is 10.6. The van der Waals surface area contributed by atoms with Crippen molar-refractivity contribution in [3.05, 3.63) is 51.7 Å². The molecule has 1 atom stereocenters. The predicted octanol–water partition coefficient (Wildman–Crippen LogP) is 3.64. The number of aliphatic hydroxyl groups excluding tert-OH is 1. The maximum Gasteiger partial charge on any atom is 0.250 e. The Morgan fingerprint density at radius 3 is 2.83 bits per heavy atom. The van der Waals surface area contributed by atoms with Crippen LogP contribution in [0.25, 0.3) is 11.3 Å². The molecule has 0 saturated carbocycles. The van der Waals surface area contributed by atoms with Crippen LogP contribution in [0.4, 0.5) is 0 Å². The second-order valence-corrected chi connectivity index (χ2v) is 9.26. The fourth-order valence-corrected chi connectivity index (χ4v) is 5.41. The maximum atomic E-state index is 12.3. The lowest BCUT2D eigenvalue weighted by molar-refractivity contribution is 0.186. The molecule has 0 aliphatic rings. The van der Waals surface area contributed by atoms with Gasteiger partial charge in [0, 0.05) is 27.2 Å². The van der Waals surface area contributed by atoms with Gasteiger partial charge in [0.15, 0.2) is 0 Å². The first kappa shape index (κ1) is 17.4. The number of aryl methyl sites for hydroxylation is 1. The van der Waals surface area contributed by atoms with E-state index in [0.29, 0.717) is 4.88 Å². The van der Waals surface area contributed by atoms with Crippen molar-refractivity contribution >= 4 is 32.7 Å². The van der Waals surface area contributed by atoms with Gasteiger partial charge >= 0.3 is 0 Å². The highest BCUT2D eigenvalue weighted by atomic mass is 32.2. The van der Waals surface area contributed by atoms with Crippen LogP contribution < -0.4 is 4.72 Å². The van der Waals surface area contributed by atoms with Gasteiger partial charge in [-0.25, -0.2) is 13.1 Å². The molecule has 8 heteroatoms. The number of hydrogen-bond acceptors (Lipinski definition) is 6. The molecular formula is C16H17NO4S3. The normalized spacial score (nSPS) is 13.2. The number of thiophene rings is 2. The number of sulfonamides is 1. The van der Waals surface area contributed by atoms with Gasteiger partial charge in [0.1, 0.15) is 16.1 Å². The van der Waals surface area contributed by atoms with Crippen LogP contribution in [0.15, 0.2) is 50.6 Å². The molecule has 0 amide bonds. The summed E-state index contributed by atoms with van der Waals surface area (Å²) in [6, 6.07) is 8.84. The summed E-state index contributed by atoms with van der Waals surface area (Å²) in [6.07, 6.45) is 1.48. The molecule has 128 valence electrons. The molecule has 0 spiro atoms. The largest absolute Gasteiger partial charge is 0.464 e. The molecule has 0 saturated heterocycles. The van der Waals surface area contributed by atoms with Crippen LogP contribution in [0.1, 0.15) is 22.8 Å². The van der Waals surface area contributed by atoms with E-state index >= 15 is 0 Å². The Balaban J connectivity index is 1.65. The summed E-state index contributed by atoms with van der Waals surface area (Å²) in [5.41, 5.74) is 0.868. The number of furan rings is 1. The van der Waals surface area contributed by atoms with Crippen molar-refractivity contribution in [1.29, 1.82) is 0 Å². The van der Waals surface area contributed by atoms with Crippen LogP contribution in [-0.4, -0.2) is 20.1 Å². The van der Waals surface area contributed by atoms with E-state index in [0.717, 1.165) is 22.6 Å². The molecule has 0 aliphatic carbocycles. The lowest BCUT2D eigenvalue weighted by Crippen LogP contribution is -2.27. The van der Waals surface area contributed by atoms with Gasteiger partial charge in [-0.1, -0.05) is 6.92 Å². The molecule has 5 nitrogen and oxygen atoms in total. The van der Waals surface area contributed by atoms with Crippen molar-refractivity contribution in [2.75, 3.05) is 6.54 Å². The zero-order valence-corrected chi connectivity index (χ0v) is 15.4. The van der Waals surface area contributed by atoms with E-state index < -0.39 is 16.1 Å². The first-order chi connectivity index (χ1) is 11.5. The molecule has 0 bridgehead atoms. The molecular weight excluding hydrogens is 366 g/mol. The first-order valence-electron chi connectivity index (χ1n) is 7.38. The monoisotopic (exact) mass is 383 g/mol. The fourth-order valence-electron chi connectivity index (χ4n) is 2.15. The summed E-state index contributed by atoms with van der Waals surface area (Å²) in [4.78, 5) is 1.70. The minimum absolute atomic E-state index is 0.0696. The van der Waals surface area contributed by atoms with E-state index in [1.807, 2.05) is 30.5 Å². The third-order valence-electron chi connectivity index (χ3n) is 3.47. The maximum absolute atomic E-state index is 12.3. The molecule has 3 rings (SSSR count). The van der Waals surface area contributed by atoms with Crippen LogP contribution >= 0.6 is 22.7 Å². The summed E-state index contributed by atoms with van der Waals surface area (Å²) in [5, 5.41) is 12.1. The molecule has 2 N–H and O–H groups in total. The molecule has 1 unspecified atom stereocenters. The van der Waals surface area contributed by atoms with Gasteiger partial charge in [0.25, 0.3) is 0 Å². The summed E-state index contributed by atoms with van der Waals surface area (Å²) in [5.74, 6) is 0.718. The summed E-state index contributed by atoms with van der Waals surface area (Å²) in [6.45, 7) is 1.91. The van der Waals surface area contributed by atoms with E-state index in [1.54, 1.807) is 18.4 Å². The average Bonchev–Trinajstić information content (AvgIpc) is 3.33. The number of hydrogen-bond donors (Lipinski definition) is 2. The van der Waals surface area contributed by atoms with Gasteiger partial charge in [0.2, 0.25) is 10.0 Å². The van der Waals surface area contributed by atoms with Crippen LogP contribution in [0.2, 0.25) is 0 Å². The van der Waals surface area contributed by atoms with Gasteiger partial charge in [-0.3, -0.25) is 0 Å². The van der Waals surface area contributed by atoms with Crippen molar-refractivity contribution in [2.45, 2.75) is 23.7 Å². The Kier molecular flexibility index (Phi) is 5.21. The standard InChI is InChI=1S/C16H17NO4S3/c1-2-12-5-6-16(23-12)24(19,20)17-9-13(18)15-8-11(10-22-15)14-4-3-7-21-14/h3-8,10,13,17-18H,2,9H2,1H3. The third kappa shape index (κ3) is 3.79. The van der Waals surface area contributed by atoms with Crippen molar-refractivity contribution in [2.24, 2.45) is 0 Å². The van der Waals surface area contributed by atoms with Crippen molar-refractivity contribution in [1.82, 2.24) is 4.72 Å². The van der Waals surface area contributed by atoms with E-state index in [-0.39, 0.29) is 10.8 Å². The van der Waals surface area contributed by atoms with E-state index in [9.17, 15) is 13.5 Å². The molecule has 0 aromatic carbocycles. The number of nitrogens with one attached hydrogen (secondary N) is 1. The SMILES string of the molecule is CCc1ccc(S(=O)(=O)NCC(O)c2cc(-c3ccco3)cs2)s1. The van der Waals surface area contributed by atoms with Gasteiger partial charge in [-0.05, 0) is 36.8 Å². The van der Waals surface area contributed by atoms with E-state index in [1.165, 1.54) is 22.7 Å². The van der Waals surface area contributed by atoms with Crippen molar-refractivity contribution in [3.63, 3.8) is 0 Å². The lowest BCUT2D eigenvalue weighted by atomic mass is 10.2. The van der Waals surface area contributed by atoms with E-state index in [2.05, 4.69) is 4.72 Å². The third-order valence-corrected chi connectivity index (χ3v) is 7.65. The zero-order valence-electron chi connectivity index (χ0n) is 12.9. The smallest absolute Gasteiger partial charge is 0.250 e. The summed E-state index contributed by atoms with van der Waals surface area (Å²) in [7, 11) is -3.59. The quantitative estimate of drug-likeness (QED) is 0.653. The fraction of sp³-hybridized carbons (Fsp3) is 0.250. The molecule has 0 fully saturated rings. The molecule has 3 aromatic heterocycles. The molecule has 3 heterocycles. The Labute approximate surface area is 148 Å². The van der Waals surface area contributed by atoms with Gasteiger partial charge in [0.05, 0.1) is 6.26 Å². The van der Waals surface area contributed by atoms with Crippen LogP contribution in [-0.2, 0) is 16.4 Å². The van der Waals surface area contributed by atoms with Crippen LogP contribution in [0.3, 0.4) is 0 Å². The molecule has 0 radical (unpaired) electrons. The summed E-state index contributed by atoms with van der Waals surface area (Å²) >= 11 is 2.62. The van der Waals surface area contributed by atoms with E-state index in [4.69, 9.17) is 4.42 Å². The minimum Gasteiger partial charge on any atom is -0.464 e. The van der Waals surface area contributed by atoms with Crippen LogP contribution in [0.5, 0.6) is 0 Å². The van der Waals surface area contributed by atoms with Crippen molar-refractivity contribution in [3.8, 4) is 11.3 Å². The minimum atomic E-state index is -3.59. The van der Waals surface area contributed by atoms with Crippen LogP contribution in [0, 0.1) is 0 Å². The Hall–Kier alpha value is -1.45. The highest BCUT2D eigenvalue weighted by Crippen LogP contribution is 2.30. The molecule has 0 aliphatic heterocycles. The summed E-state index contributed by atoms with van der Waals surface area (Å²) < 4.78 is 32.6. The molecule has 3 aromatic rings. The van der Waals surface area contributed by atoms with Crippen molar-refractivity contribution < 1.29 is 17.9 Å². The zero-order chi connectivity index (χ0) is 17.2. The predicted molar refractivity (Wildman–Crippen MR) is 95.9 cm³/mol. The topological polar surface area (TPSA) is 79.5 Å². The Bertz CT molecular complexity index is 894. The molecule has 24 heavy (non-hydrogen) atoms. The highest BCUT2D eigenvalue weighted by Gasteiger charge is 2.20. The Morgan fingerprint density at radius 2 is 2.17 bits per heavy atom. The Morgan fingerprint density at radius 1 is 1.33 bits per heavy atom. The average molecular weight is 384 g/mol. The second-order valence-electron chi connectivity index (χ2n) is 5.16. The van der Waals surface area contributed by atoms with Gasteiger partial charge < -0.3 is 9.52 Å². The van der Waals surface area contributed by atoms with Gasteiger partial charge in [-0.2, -0.15) is 0 Å². The second kappa shape index (κ2) is 7.20. The lowest BCUT2D eigenvalue weighted by Gasteiger charge is -2.09.